The monoisotopic (exact) mass is 411 g/mol. The van der Waals surface area contributed by atoms with Crippen LogP contribution in [0.25, 0.3) is 0 Å². The highest BCUT2D eigenvalue weighted by molar-refractivity contribution is 5.90. The molecular weight excluding hydrogens is 382 g/mol. The molecule has 3 N–H and O–H groups in total. The van der Waals surface area contributed by atoms with E-state index in [4.69, 9.17) is 4.74 Å². The number of hydrogen-bond acceptors (Lipinski definition) is 4. The summed E-state index contributed by atoms with van der Waals surface area (Å²) in [5.41, 5.74) is 7.26. The quantitative estimate of drug-likeness (QED) is 0.582. The van der Waals surface area contributed by atoms with Gasteiger partial charge in [0.25, 0.3) is 11.8 Å². The van der Waals surface area contributed by atoms with Crippen LogP contribution in [-0.4, -0.2) is 24.3 Å². The lowest BCUT2D eigenvalue weighted by Crippen LogP contribution is -2.49. The molecule has 7 heteroatoms. The van der Waals surface area contributed by atoms with Gasteiger partial charge in [-0.1, -0.05) is 56.3 Å². The number of ether oxygens (including phenoxy) is 1. The van der Waals surface area contributed by atoms with E-state index in [-0.39, 0.29) is 18.4 Å². The summed E-state index contributed by atoms with van der Waals surface area (Å²) >= 11 is 0. The summed E-state index contributed by atoms with van der Waals surface area (Å²) in [5, 5.41) is 2.73. The molecule has 2 rings (SSSR count). The number of hydrazine groups is 1. The predicted octanol–water partition coefficient (Wildman–Crippen LogP) is 2.73. The lowest BCUT2D eigenvalue weighted by molar-refractivity contribution is -0.133. The zero-order chi connectivity index (χ0) is 22.1. The average molecular weight is 412 g/mol. The molecule has 2 aromatic rings. The first-order valence-corrected chi connectivity index (χ1v) is 9.89. The highest BCUT2D eigenvalue weighted by Crippen LogP contribution is 2.19. The van der Waals surface area contributed by atoms with Gasteiger partial charge >= 0.3 is 0 Å². The summed E-state index contributed by atoms with van der Waals surface area (Å²) in [6.07, 6.45) is 0.298. The minimum Gasteiger partial charge on any atom is -0.483 e. The van der Waals surface area contributed by atoms with Crippen molar-refractivity contribution in [3.63, 3.8) is 0 Å². The Morgan fingerprint density at radius 1 is 0.933 bits per heavy atom. The maximum atomic E-state index is 12.7. The lowest BCUT2D eigenvalue weighted by atomic mass is 10.0. The van der Waals surface area contributed by atoms with Gasteiger partial charge < -0.3 is 10.1 Å². The highest BCUT2D eigenvalue weighted by Gasteiger charge is 2.23. The van der Waals surface area contributed by atoms with Crippen molar-refractivity contribution in [1.29, 1.82) is 0 Å². The Labute approximate surface area is 177 Å². The van der Waals surface area contributed by atoms with E-state index < -0.39 is 17.9 Å². The number of carbonyl (C=O) groups is 3. The third-order valence-electron chi connectivity index (χ3n) is 4.32. The van der Waals surface area contributed by atoms with Crippen LogP contribution < -0.4 is 20.9 Å². The SMILES string of the molecule is Cc1ccc(C)c(OCC(=O)NNC(=O)C(NC(=O)CC(C)C)c2ccccc2)c1. The second kappa shape index (κ2) is 11.0. The van der Waals surface area contributed by atoms with Crippen molar-refractivity contribution < 1.29 is 19.1 Å². The molecule has 7 nitrogen and oxygen atoms in total. The smallest absolute Gasteiger partial charge is 0.276 e. The van der Waals surface area contributed by atoms with Crippen LogP contribution in [0.3, 0.4) is 0 Å². The van der Waals surface area contributed by atoms with Crippen LogP contribution in [0.1, 0.15) is 43.0 Å². The fourth-order valence-corrected chi connectivity index (χ4v) is 2.78. The zero-order valence-electron chi connectivity index (χ0n) is 17.8. The van der Waals surface area contributed by atoms with Crippen molar-refractivity contribution in [2.45, 2.75) is 40.2 Å². The van der Waals surface area contributed by atoms with Gasteiger partial charge in [0.15, 0.2) is 6.61 Å². The maximum absolute atomic E-state index is 12.7. The first kappa shape index (κ1) is 22.9. The number of nitrogens with one attached hydrogen (secondary N) is 3. The zero-order valence-corrected chi connectivity index (χ0v) is 17.8. The molecule has 0 saturated heterocycles. The highest BCUT2D eigenvalue weighted by atomic mass is 16.5. The summed E-state index contributed by atoms with van der Waals surface area (Å²) in [6.45, 7) is 7.42. The van der Waals surface area contributed by atoms with E-state index in [0.29, 0.717) is 17.7 Å². The number of benzene rings is 2. The fourth-order valence-electron chi connectivity index (χ4n) is 2.78. The van der Waals surface area contributed by atoms with E-state index >= 15 is 0 Å². The number of rotatable bonds is 8. The van der Waals surface area contributed by atoms with Crippen LogP contribution >= 0.6 is 0 Å². The van der Waals surface area contributed by atoms with Gasteiger partial charge in [0.1, 0.15) is 11.8 Å². The van der Waals surface area contributed by atoms with Gasteiger partial charge in [-0.15, -0.1) is 0 Å². The van der Waals surface area contributed by atoms with Gasteiger partial charge in [0.2, 0.25) is 5.91 Å². The van der Waals surface area contributed by atoms with Crippen molar-refractivity contribution in [1.82, 2.24) is 16.2 Å². The summed E-state index contributed by atoms with van der Waals surface area (Å²) in [6, 6.07) is 13.7. The Bertz CT molecular complexity index is 881. The minimum absolute atomic E-state index is 0.159. The molecule has 0 saturated carbocycles. The lowest BCUT2D eigenvalue weighted by Gasteiger charge is -2.20. The third kappa shape index (κ3) is 7.24. The van der Waals surface area contributed by atoms with Crippen molar-refractivity contribution in [3.8, 4) is 5.75 Å². The molecule has 0 heterocycles. The molecule has 1 atom stereocenters. The number of amides is 3. The molecule has 3 amide bonds. The van der Waals surface area contributed by atoms with Gasteiger partial charge in [0, 0.05) is 6.42 Å². The van der Waals surface area contributed by atoms with Gasteiger partial charge in [-0.25, -0.2) is 0 Å². The molecule has 160 valence electrons. The van der Waals surface area contributed by atoms with Crippen molar-refractivity contribution in [3.05, 3.63) is 65.2 Å². The summed E-state index contributed by atoms with van der Waals surface area (Å²) in [4.78, 5) is 37.0. The summed E-state index contributed by atoms with van der Waals surface area (Å²) in [5.74, 6) is -0.521. The fraction of sp³-hybridized carbons (Fsp3) is 0.348. The predicted molar refractivity (Wildman–Crippen MR) is 114 cm³/mol. The number of hydrogen-bond donors (Lipinski definition) is 3. The van der Waals surface area contributed by atoms with E-state index in [9.17, 15) is 14.4 Å². The Morgan fingerprint density at radius 2 is 1.63 bits per heavy atom. The molecule has 0 aromatic heterocycles. The topological polar surface area (TPSA) is 96.5 Å². The van der Waals surface area contributed by atoms with Crippen LogP contribution in [0, 0.1) is 19.8 Å². The van der Waals surface area contributed by atoms with Crippen LogP contribution in [0.5, 0.6) is 5.75 Å². The Kier molecular flexibility index (Phi) is 8.41. The van der Waals surface area contributed by atoms with E-state index in [2.05, 4.69) is 16.2 Å². The molecule has 0 bridgehead atoms. The standard InChI is InChI=1S/C23H29N3O4/c1-15(2)12-20(27)24-22(18-8-6-5-7-9-18)23(29)26-25-21(28)14-30-19-13-16(3)10-11-17(19)4/h5-11,13,15,22H,12,14H2,1-4H3,(H,24,27)(H,25,28)(H,26,29). The largest absolute Gasteiger partial charge is 0.483 e. The van der Waals surface area contributed by atoms with Crippen molar-refractivity contribution in [2.24, 2.45) is 5.92 Å². The maximum Gasteiger partial charge on any atom is 0.276 e. The first-order chi connectivity index (χ1) is 14.3. The molecule has 2 aromatic carbocycles. The van der Waals surface area contributed by atoms with Crippen LogP contribution in [-0.2, 0) is 14.4 Å². The molecule has 0 spiro atoms. The minimum atomic E-state index is -0.919. The molecule has 0 fully saturated rings. The Hall–Kier alpha value is -3.35. The molecule has 0 aliphatic heterocycles. The number of aryl methyl sites for hydroxylation is 2. The molecule has 0 radical (unpaired) electrons. The Morgan fingerprint density at radius 3 is 2.30 bits per heavy atom. The van der Waals surface area contributed by atoms with Crippen LogP contribution in [0.4, 0.5) is 0 Å². The van der Waals surface area contributed by atoms with Gasteiger partial charge in [-0.2, -0.15) is 0 Å². The van der Waals surface area contributed by atoms with Crippen molar-refractivity contribution >= 4 is 17.7 Å². The van der Waals surface area contributed by atoms with Crippen molar-refractivity contribution in [2.75, 3.05) is 6.61 Å². The number of carbonyl (C=O) groups excluding carboxylic acids is 3. The van der Waals surface area contributed by atoms with Crippen LogP contribution in [0.15, 0.2) is 48.5 Å². The molecule has 1 unspecified atom stereocenters. The first-order valence-electron chi connectivity index (χ1n) is 9.89. The van der Waals surface area contributed by atoms with Crippen LogP contribution in [0.2, 0.25) is 0 Å². The average Bonchev–Trinajstić information content (AvgIpc) is 2.71. The van der Waals surface area contributed by atoms with E-state index in [0.717, 1.165) is 11.1 Å². The summed E-state index contributed by atoms with van der Waals surface area (Å²) in [7, 11) is 0. The molecule has 0 aliphatic carbocycles. The van der Waals surface area contributed by atoms with Gasteiger partial charge in [-0.3, -0.25) is 25.2 Å². The van der Waals surface area contributed by atoms with Gasteiger partial charge in [-0.05, 0) is 42.5 Å². The molecular formula is C23H29N3O4. The normalized spacial score (nSPS) is 11.5. The summed E-state index contributed by atoms with van der Waals surface area (Å²) < 4.78 is 5.53. The van der Waals surface area contributed by atoms with Gasteiger partial charge in [0.05, 0.1) is 0 Å². The van der Waals surface area contributed by atoms with E-state index in [1.54, 1.807) is 24.3 Å². The third-order valence-corrected chi connectivity index (χ3v) is 4.32. The molecule has 30 heavy (non-hydrogen) atoms. The second-order valence-corrected chi connectivity index (χ2v) is 7.60. The van der Waals surface area contributed by atoms with E-state index in [1.807, 2.05) is 52.0 Å². The second-order valence-electron chi connectivity index (χ2n) is 7.60. The van der Waals surface area contributed by atoms with E-state index in [1.165, 1.54) is 0 Å². The molecule has 0 aliphatic rings. The Balaban J connectivity index is 1.95.